The first-order chi connectivity index (χ1) is 16.3. The molecule has 1 N–H and O–H groups in total. The molecule has 0 fully saturated rings. The average Bonchev–Trinajstić information content (AvgIpc) is 3.12. The molecule has 0 aliphatic carbocycles. The van der Waals surface area contributed by atoms with E-state index in [0.29, 0.717) is 21.1 Å². The number of aromatic nitrogens is 2. The molecule has 2 aromatic heterocycles. The molecule has 1 atom stereocenters. The number of fused-ring (bicyclic) bond motifs is 1. The van der Waals surface area contributed by atoms with Crippen LogP contribution in [0.2, 0.25) is 0 Å². The molecule has 2 aromatic carbocycles. The quantitative estimate of drug-likeness (QED) is 0.300. The maximum absolute atomic E-state index is 13.4. The van der Waals surface area contributed by atoms with Crippen LogP contribution in [0.3, 0.4) is 0 Å². The summed E-state index contributed by atoms with van der Waals surface area (Å²) >= 11 is 2.52. The largest absolute Gasteiger partial charge is 0.548 e. The summed E-state index contributed by atoms with van der Waals surface area (Å²) in [4.78, 5) is 44.0. The number of nitrogens with one attached hydrogen (secondary N) is 1. The lowest BCUT2D eigenvalue weighted by Crippen LogP contribution is -2.49. The lowest BCUT2D eigenvalue weighted by atomic mass is 10.1. The summed E-state index contributed by atoms with van der Waals surface area (Å²) < 4.78 is 1.50. The Kier molecular flexibility index (Phi) is 7.14. The first-order valence-electron chi connectivity index (χ1n) is 10.6. The van der Waals surface area contributed by atoms with Gasteiger partial charge in [0.1, 0.15) is 4.83 Å². The number of thioether (sulfide) groups is 1. The van der Waals surface area contributed by atoms with Gasteiger partial charge in [-0.1, -0.05) is 60.3 Å². The number of carboxylic acids is 1. The Morgan fingerprint density at radius 3 is 2.38 bits per heavy atom. The van der Waals surface area contributed by atoms with Crippen molar-refractivity contribution in [3.63, 3.8) is 0 Å². The highest BCUT2D eigenvalue weighted by Gasteiger charge is 2.20. The molecule has 0 aliphatic rings. The molecule has 0 spiro atoms. The van der Waals surface area contributed by atoms with E-state index in [9.17, 15) is 19.5 Å². The number of para-hydroxylation sites is 1. The summed E-state index contributed by atoms with van der Waals surface area (Å²) in [5.41, 5.74) is 2.12. The number of amides is 1. The average molecular weight is 493 g/mol. The molecule has 7 nitrogen and oxygen atoms in total. The van der Waals surface area contributed by atoms with Crippen molar-refractivity contribution in [3.05, 3.63) is 87.0 Å². The summed E-state index contributed by atoms with van der Waals surface area (Å²) in [5, 5.41) is 15.1. The first kappa shape index (κ1) is 23.7. The Labute approximate surface area is 204 Å². The topological polar surface area (TPSA) is 104 Å². The number of hydrogen-bond acceptors (Lipinski definition) is 7. The molecule has 0 saturated carbocycles. The van der Waals surface area contributed by atoms with E-state index in [2.05, 4.69) is 10.3 Å². The molecule has 2 heterocycles. The Morgan fingerprint density at radius 2 is 1.74 bits per heavy atom. The predicted octanol–water partition coefficient (Wildman–Crippen LogP) is 2.63. The number of carbonyl (C=O) groups excluding carboxylic acids is 2. The summed E-state index contributed by atoms with van der Waals surface area (Å²) in [6.07, 6.45) is 0.117. The van der Waals surface area contributed by atoms with E-state index in [4.69, 9.17) is 0 Å². The van der Waals surface area contributed by atoms with Crippen molar-refractivity contribution in [3.8, 4) is 5.69 Å². The van der Waals surface area contributed by atoms with Crippen molar-refractivity contribution < 1.29 is 14.7 Å². The molecule has 1 amide bonds. The van der Waals surface area contributed by atoms with E-state index in [-0.39, 0.29) is 17.7 Å². The molecule has 0 saturated heterocycles. The number of carboxylic acid groups (broad SMARTS) is 1. The van der Waals surface area contributed by atoms with E-state index in [1.165, 1.54) is 15.9 Å². The molecule has 34 heavy (non-hydrogen) atoms. The van der Waals surface area contributed by atoms with Crippen molar-refractivity contribution in [2.24, 2.45) is 0 Å². The number of rotatable bonds is 8. The fourth-order valence-electron chi connectivity index (χ4n) is 3.59. The van der Waals surface area contributed by atoms with Crippen LogP contribution in [0.25, 0.3) is 15.9 Å². The van der Waals surface area contributed by atoms with E-state index in [1.807, 2.05) is 38.1 Å². The van der Waals surface area contributed by atoms with Gasteiger partial charge in [-0.2, -0.15) is 0 Å². The molecule has 174 valence electrons. The number of thiophene rings is 1. The van der Waals surface area contributed by atoms with Gasteiger partial charge in [-0.05, 0) is 43.5 Å². The van der Waals surface area contributed by atoms with Crippen LogP contribution in [-0.2, 0) is 16.0 Å². The molecule has 9 heteroatoms. The molecule has 0 aliphatic heterocycles. The fraction of sp³-hybridized carbons (Fsp3) is 0.200. The highest BCUT2D eigenvalue weighted by Crippen LogP contribution is 2.29. The molecular formula is C25H22N3O4S2-. The molecule has 1 unspecified atom stereocenters. The third-order valence-corrected chi connectivity index (χ3v) is 7.46. The minimum absolute atomic E-state index is 0.104. The van der Waals surface area contributed by atoms with E-state index in [1.54, 1.807) is 36.4 Å². The molecular weight excluding hydrogens is 470 g/mol. The van der Waals surface area contributed by atoms with Gasteiger partial charge in [0.25, 0.3) is 5.56 Å². The van der Waals surface area contributed by atoms with E-state index in [0.717, 1.165) is 27.8 Å². The molecule has 4 aromatic rings. The van der Waals surface area contributed by atoms with Gasteiger partial charge in [-0.25, -0.2) is 4.98 Å². The minimum atomic E-state index is -1.35. The van der Waals surface area contributed by atoms with Gasteiger partial charge in [0.05, 0.1) is 28.8 Å². The zero-order valence-corrected chi connectivity index (χ0v) is 20.2. The zero-order valence-electron chi connectivity index (χ0n) is 18.6. The maximum atomic E-state index is 13.4. The van der Waals surface area contributed by atoms with Crippen molar-refractivity contribution in [1.82, 2.24) is 14.9 Å². The Hall–Kier alpha value is -3.43. The fourth-order valence-corrected chi connectivity index (χ4v) is 5.48. The second-order valence-corrected chi connectivity index (χ2v) is 9.90. The summed E-state index contributed by atoms with van der Waals surface area (Å²) in [6, 6.07) is 17.0. The number of aryl methyl sites for hydroxylation is 2. The van der Waals surface area contributed by atoms with E-state index >= 15 is 0 Å². The number of nitrogens with zero attached hydrogens (tertiary/aromatic N) is 2. The van der Waals surface area contributed by atoms with Crippen molar-refractivity contribution in [2.45, 2.75) is 31.5 Å². The van der Waals surface area contributed by atoms with Gasteiger partial charge in [0.15, 0.2) is 5.16 Å². The van der Waals surface area contributed by atoms with Crippen LogP contribution in [0.4, 0.5) is 0 Å². The first-order valence-corrected chi connectivity index (χ1v) is 12.4. The Bertz CT molecular complexity index is 1400. The number of benzene rings is 2. The van der Waals surface area contributed by atoms with Crippen molar-refractivity contribution >= 4 is 45.2 Å². The second kappa shape index (κ2) is 10.2. The molecule has 0 radical (unpaired) electrons. The van der Waals surface area contributed by atoms with Gasteiger partial charge in [-0.3, -0.25) is 14.2 Å². The highest BCUT2D eigenvalue weighted by atomic mass is 32.2. The van der Waals surface area contributed by atoms with Crippen LogP contribution in [-0.4, -0.2) is 33.2 Å². The third-order valence-electron chi connectivity index (χ3n) is 5.42. The van der Waals surface area contributed by atoms with Crippen LogP contribution in [0.1, 0.15) is 16.0 Å². The SMILES string of the molecule is Cc1sc2nc(SCC(=O)NC(Cc3ccccc3)C(=O)[O-])n(-c3ccccc3)c(=O)c2c1C. The monoisotopic (exact) mass is 492 g/mol. The Balaban J connectivity index is 1.59. The van der Waals surface area contributed by atoms with Gasteiger partial charge in [0, 0.05) is 4.88 Å². The van der Waals surface area contributed by atoms with Crippen LogP contribution >= 0.6 is 23.1 Å². The van der Waals surface area contributed by atoms with Gasteiger partial charge >= 0.3 is 0 Å². The predicted molar refractivity (Wildman–Crippen MR) is 132 cm³/mol. The molecule has 0 bridgehead atoms. The second-order valence-electron chi connectivity index (χ2n) is 7.75. The zero-order chi connectivity index (χ0) is 24.2. The van der Waals surface area contributed by atoms with Crippen LogP contribution < -0.4 is 16.0 Å². The van der Waals surface area contributed by atoms with Gasteiger partial charge < -0.3 is 15.2 Å². The van der Waals surface area contributed by atoms with Gasteiger partial charge in [0.2, 0.25) is 5.91 Å². The normalized spacial score (nSPS) is 11.9. The lowest BCUT2D eigenvalue weighted by Gasteiger charge is -2.20. The van der Waals surface area contributed by atoms with Crippen molar-refractivity contribution in [1.29, 1.82) is 0 Å². The maximum Gasteiger partial charge on any atom is 0.267 e. The summed E-state index contributed by atoms with van der Waals surface area (Å²) in [5.74, 6) is -1.94. The smallest absolute Gasteiger partial charge is 0.267 e. The number of aliphatic carboxylic acids is 1. The molecule has 4 rings (SSSR count). The third kappa shape index (κ3) is 5.05. The van der Waals surface area contributed by atoms with Crippen LogP contribution in [0.5, 0.6) is 0 Å². The standard InChI is InChI=1S/C25H23N3O4S2/c1-15-16(2)34-22-21(15)23(30)28(18-11-7-4-8-12-18)25(27-22)33-14-20(29)26-19(24(31)32)13-17-9-5-3-6-10-17/h3-12,19H,13-14H2,1-2H3,(H,26,29)(H,31,32)/p-1. The van der Waals surface area contributed by atoms with E-state index < -0.39 is 17.9 Å². The summed E-state index contributed by atoms with van der Waals surface area (Å²) in [7, 11) is 0. The number of carbonyl (C=O) groups is 2. The van der Waals surface area contributed by atoms with Crippen LogP contribution in [0.15, 0.2) is 70.6 Å². The van der Waals surface area contributed by atoms with Crippen LogP contribution in [0, 0.1) is 13.8 Å². The Morgan fingerprint density at radius 1 is 1.09 bits per heavy atom. The number of hydrogen-bond donors (Lipinski definition) is 1. The minimum Gasteiger partial charge on any atom is -0.548 e. The summed E-state index contributed by atoms with van der Waals surface area (Å²) in [6.45, 7) is 3.85. The van der Waals surface area contributed by atoms with Crippen molar-refractivity contribution in [2.75, 3.05) is 5.75 Å². The van der Waals surface area contributed by atoms with Gasteiger partial charge in [-0.15, -0.1) is 11.3 Å². The highest BCUT2D eigenvalue weighted by molar-refractivity contribution is 7.99. The lowest BCUT2D eigenvalue weighted by molar-refractivity contribution is -0.308.